The second-order valence-corrected chi connectivity index (χ2v) is 3.75. The predicted octanol–water partition coefficient (Wildman–Crippen LogP) is 0.627. The van der Waals surface area contributed by atoms with Crippen molar-refractivity contribution in [2.75, 3.05) is 18.6 Å². The van der Waals surface area contributed by atoms with Crippen LogP contribution in [-0.2, 0) is 9.53 Å². The molecule has 0 spiro atoms. The van der Waals surface area contributed by atoms with Gasteiger partial charge in [-0.1, -0.05) is 11.8 Å². The number of nitrogen functional groups attached to an aromatic ring is 1. The molecule has 1 aromatic heterocycles. The monoisotopic (exact) mass is 242 g/mol. The van der Waals surface area contributed by atoms with Crippen molar-refractivity contribution in [2.45, 2.75) is 5.03 Å². The Labute approximate surface area is 95.8 Å². The Balaban J connectivity index is 2.75. The van der Waals surface area contributed by atoms with Crippen LogP contribution in [0.3, 0.4) is 0 Å². The molecule has 0 saturated heterocycles. The van der Waals surface area contributed by atoms with Crippen LogP contribution in [0.2, 0.25) is 0 Å². The average molecular weight is 242 g/mol. The first-order valence-corrected chi connectivity index (χ1v) is 5.21. The molecule has 7 heteroatoms. The number of carbonyl (C=O) groups excluding carboxylic acids is 1. The Morgan fingerprint density at radius 3 is 2.81 bits per heavy atom. The molecule has 3 N–H and O–H groups in total. The molecule has 0 aromatic carbocycles. The summed E-state index contributed by atoms with van der Waals surface area (Å²) in [6.07, 6.45) is 1.19. The number of anilines is 1. The second-order valence-electron chi connectivity index (χ2n) is 2.79. The van der Waals surface area contributed by atoms with Gasteiger partial charge in [0.2, 0.25) is 0 Å². The van der Waals surface area contributed by atoms with E-state index in [1.165, 1.54) is 19.4 Å². The number of esters is 1. The minimum atomic E-state index is -1.09. The number of nitrogens with two attached hydrogens (primary N) is 1. The number of aromatic carboxylic acids is 1. The van der Waals surface area contributed by atoms with Crippen molar-refractivity contribution >= 4 is 29.4 Å². The average Bonchev–Trinajstić information content (AvgIpc) is 2.26. The molecule has 1 aromatic rings. The smallest absolute Gasteiger partial charge is 0.337 e. The van der Waals surface area contributed by atoms with Crippen LogP contribution in [-0.4, -0.2) is 34.9 Å². The van der Waals surface area contributed by atoms with Crippen molar-refractivity contribution in [3.05, 3.63) is 17.8 Å². The van der Waals surface area contributed by atoms with E-state index in [4.69, 9.17) is 10.8 Å². The third kappa shape index (κ3) is 3.13. The molecule has 6 nitrogen and oxygen atoms in total. The number of thioether (sulfide) groups is 1. The number of aromatic nitrogens is 1. The Kier molecular flexibility index (Phi) is 4.12. The third-order valence-corrected chi connectivity index (χ3v) is 2.67. The highest BCUT2D eigenvalue weighted by molar-refractivity contribution is 8.00. The van der Waals surface area contributed by atoms with E-state index in [0.29, 0.717) is 5.03 Å². The molecule has 0 bridgehead atoms. The number of nitrogens with zero attached hydrogens (tertiary/aromatic N) is 1. The van der Waals surface area contributed by atoms with Crippen molar-refractivity contribution in [1.29, 1.82) is 0 Å². The summed E-state index contributed by atoms with van der Waals surface area (Å²) in [6.45, 7) is 0. The van der Waals surface area contributed by atoms with Gasteiger partial charge in [0.1, 0.15) is 5.03 Å². The summed E-state index contributed by atoms with van der Waals surface area (Å²) in [5, 5.41) is 9.09. The van der Waals surface area contributed by atoms with Gasteiger partial charge in [-0.05, 0) is 6.07 Å². The highest BCUT2D eigenvalue weighted by atomic mass is 32.2. The number of rotatable bonds is 4. The molecular weight excluding hydrogens is 232 g/mol. The number of methoxy groups -OCH3 is 1. The lowest BCUT2D eigenvalue weighted by Gasteiger charge is -2.04. The van der Waals surface area contributed by atoms with Crippen LogP contribution in [0.5, 0.6) is 0 Å². The number of carboxylic acids is 1. The van der Waals surface area contributed by atoms with Gasteiger partial charge in [0.25, 0.3) is 0 Å². The highest BCUT2D eigenvalue weighted by Crippen LogP contribution is 2.23. The second kappa shape index (κ2) is 5.36. The normalized spacial score (nSPS) is 9.81. The zero-order chi connectivity index (χ0) is 12.1. The molecule has 0 atom stereocenters. The van der Waals surface area contributed by atoms with E-state index in [1.807, 2.05) is 0 Å². The van der Waals surface area contributed by atoms with Crippen LogP contribution in [0.25, 0.3) is 0 Å². The molecule has 0 amide bonds. The fourth-order valence-corrected chi connectivity index (χ4v) is 1.62. The number of hydrogen-bond donors (Lipinski definition) is 2. The first-order chi connectivity index (χ1) is 7.54. The minimum absolute atomic E-state index is 0.0138. The molecule has 0 aliphatic carbocycles. The topological polar surface area (TPSA) is 103 Å². The maximum Gasteiger partial charge on any atom is 0.337 e. The fraction of sp³-hybridized carbons (Fsp3) is 0.222. The van der Waals surface area contributed by atoms with Crippen molar-refractivity contribution < 1.29 is 19.4 Å². The van der Waals surface area contributed by atoms with Crippen molar-refractivity contribution in [3.8, 4) is 0 Å². The molecule has 0 radical (unpaired) electrons. The molecule has 1 heterocycles. The first kappa shape index (κ1) is 12.3. The standard InChI is InChI=1S/C9H10N2O4S/c1-15-7(12)4-16-8-6(10)2-5(3-11-8)9(13)14/h2-3H,4,10H2,1H3,(H,13,14). The Hall–Kier alpha value is -1.76. The number of carbonyl (C=O) groups is 2. The summed E-state index contributed by atoms with van der Waals surface area (Å²) in [5.74, 6) is -1.41. The summed E-state index contributed by atoms with van der Waals surface area (Å²) in [7, 11) is 1.28. The van der Waals surface area contributed by atoms with E-state index in [1.54, 1.807) is 0 Å². The SMILES string of the molecule is COC(=O)CSc1ncc(C(=O)O)cc1N. The lowest BCUT2D eigenvalue weighted by Crippen LogP contribution is -2.05. The number of hydrogen-bond acceptors (Lipinski definition) is 6. The molecule has 86 valence electrons. The highest BCUT2D eigenvalue weighted by Gasteiger charge is 2.10. The minimum Gasteiger partial charge on any atom is -0.478 e. The van der Waals surface area contributed by atoms with Gasteiger partial charge in [-0.2, -0.15) is 0 Å². The summed E-state index contributed by atoms with van der Waals surface area (Å²) in [6, 6.07) is 1.30. The summed E-state index contributed by atoms with van der Waals surface area (Å²) in [4.78, 5) is 25.3. The largest absolute Gasteiger partial charge is 0.478 e. The summed E-state index contributed by atoms with van der Waals surface area (Å²) >= 11 is 1.10. The molecule has 0 fully saturated rings. The summed E-state index contributed by atoms with van der Waals surface area (Å²) in [5.41, 5.74) is 5.83. The van der Waals surface area contributed by atoms with Gasteiger partial charge in [0, 0.05) is 6.20 Å². The lowest BCUT2D eigenvalue weighted by atomic mass is 10.3. The number of ether oxygens (including phenoxy) is 1. The van der Waals surface area contributed by atoms with Crippen molar-refractivity contribution in [1.82, 2.24) is 4.98 Å². The van der Waals surface area contributed by atoms with E-state index < -0.39 is 11.9 Å². The van der Waals surface area contributed by atoms with Crippen LogP contribution in [0.15, 0.2) is 17.3 Å². The first-order valence-electron chi connectivity index (χ1n) is 4.23. The number of pyridine rings is 1. The zero-order valence-electron chi connectivity index (χ0n) is 8.47. The van der Waals surface area contributed by atoms with Gasteiger partial charge in [-0.3, -0.25) is 4.79 Å². The molecule has 0 aliphatic heterocycles. The fourth-order valence-electron chi connectivity index (χ4n) is 0.893. The van der Waals surface area contributed by atoms with Crippen LogP contribution >= 0.6 is 11.8 Å². The third-order valence-electron chi connectivity index (χ3n) is 1.68. The molecule has 0 unspecified atom stereocenters. The van der Waals surface area contributed by atoms with Gasteiger partial charge in [-0.25, -0.2) is 9.78 Å². The van der Waals surface area contributed by atoms with E-state index in [2.05, 4.69) is 9.72 Å². The van der Waals surface area contributed by atoms with Crippen LogP contribution in [0, 0.1) is 0 Å². The predicted molar refractivity (Wildman–Crippen MR) is 58.3 cm³/mol. The van der Waals surface area contributed by atoms with Crippen LogP contribution < -0.4 is 5.73 Å². The van der Waals surface area contributed by atoms with E-state index in [-0.39, 0.29) is 17.0 Å². The van der Waals surface area contributed by atoms with Crippen molar-refractivity contribution in [3.63, 3.8) is 0 Å². The van der Waals surface area contributed by atoms with Crippen LogP contribution in [0.4, 0.5) is 5.69 Å². The Bertz CT molecular complexity index is 422. The van der Waals surface area contributed by atoms with Gasteiger partial charge in [0.15, 0.2) is 0 Å². The molecule has 0 aliphatic rings. The molecule has 0 saturated carbocycles. The zero-order valence-corrected chi connectivity index (χ0v) is 9.28. The summed E-state index contributed by atoms with van der Waals surface area (Å²) < 4.78 is 4.45. The molecule has 16 heavy (non-hydrogen) atoms. The van der Waals surface area contributed by atoms with Crippen LogP contribution in [0.1, 0.15) is 10.4 Å². The van der Waals surface area contributed by atoms with Gasteiger partial charge in [0.05, 0.1) is 24.1 Å². The number of carboxylic acid groups (broad SMARTS) is 1. The quantitative estimate of drug-likeness (QED) is 0.589. The lowest BCUT2D eigenvalue weighted by molar-refractivity contribution is -0.137. The Morgan fingerprint density at radius 2 is 2.31 bits per heavy atom. The maximum atomic E-state index is 10.9. The van der Waals surface area contributed by atoms with E-state index in [9.17, 15) is 9.59 Å². The van der Waals surface area contributed by atoms with E-state index in [0.717, 1.165) is 11.8 Å². The van der Waals surface area contributed by atoms with E-state index >= 15 is 0 Å². The van der Waals surface area contributed by atoms with Gasteiger partial charge in [-0.15, -0.1) is 0 Å². The Morgan fingerprint density at radius 1 is 1.62 bits per heavy atom. The molecule has 1 rings (SSSR count). The molecular formula is C9H10N2O4S. The van der Waals surface area contributed by atoms with Crippen molar-refractivity contribution in [2.24, 2.45) is 0 Å². The van der Waals surface area contributed by atoms with Gasteiger partial charge >= 0.3 is 11.9 Å². The van der Waals surface area contributed by atoms with Gasteiger partial charge < -0.3 is 15.6 Å². The maximum absolute atomic E-state index is 10.9.